The van der Waals surface area contributed by atoms with Crippen LogP contribution < -0.4 is 4.90 Å². The number of nitrogens with zero attached hydrogens (tertiary/aromatic N) is 1. The molecule has 1 amide bonds. The molecule has 1 aromatic rings. The van der Waals surface area contributed by atoms with Crippen LogP contribution in [0.2, 0.25) is 0 Å². The molecule has 0 saturated heterocycles. The third-order valence-corrected chi connectivity index (χ3v) is 3.16. The van der Waals surface area contributed by atoms with E-state index < -0.39 is 0 Å². The summed E-state index contributed by atoms with van der Waals surface area (Å²) in [7, 11) is 1.69. The predicted molar refractivity (Wildman–Crippen MR) is 62.5 cm³/mol. The Bertz CT molecular complexity index is 410. The molecule has 3 heteroatoms. The van der Waals surface area contributed by atoms with Crippen LogP contribution in [-0.4, -0.2) is 19.2 Å². The van der Waals surface area contributed by atoms with Gasteiger partial charge < -0.3 is 4.90 Å². The molecule has 3 nitrogen and oxygen atoms in total. The lowest BCUT2D eigenvalue weighted by Crippen LogP contribution is -2.13. The minimum Gasteiger partial charge on any atom is -0.318 e. The van der Waals surface area contributed by atoms with Gasteiger partial charge in [-0.15, -0.1) is 0 Å². The number of anilines is 1. The quantitative estimate of drug-likeness (QED) is 0.572. The van der Waals surface area contributed by atoms with Gasteiger partial charge in [0.15, 0.2) is 5.78 Å². The molecule has 1 saturated carbocycles. The van der Waals surface area contributed by atoms with Gasteiger partial charge in [0.1, 0.15) is 0 Å². The van der Waals surface area contributed by atoms with Gasteiger partial charge in [-0.1, -0.05) is 6.92 Å². The molecule has 1 aromatic carbocycles. The summed E-state index contributed by atoms with van der Waals surface area (Å²) in [5.74, 6) is 0.979. The number of hydrogen-bond acceptors (Lipinski definition) is 2. The molecule has 2 unspecified atom stereocenters. The second-order valence-corrected chi connectivity index (χ2v) is 4.45. The second kappa shape index (κ2) is 4.08. The van der Waals surface area contributed by atoms with E-state index in [1.165, 1.54) is 4.90 Å². The van der Waals surface area contributed by atoms with Crippen molar-refractivity contribution in [3.8, 4) is 0 Å². The lowest BCUT2D eigenvalue weighted by molar-refractivity contribution is -0.107. The summed E-state index contributed by atoms with van der Waals surface area (Å²) < 4.78 is 0. The Morgan fingerprint density at radius 2 is 1.94 bits per heavy atom. The first kappa shape index (κ1) is 10.9. The number of amides is 1. The molecule has 1 fully saturated rings. The van der Waals surface area contributed by atoms with E-state index in [1.54, 1.807) is 31.3 Å². The zero-order valence-corrected chi connectivity index (χ0v) is 9.51. The van der Waals surface area contributed by atoms with Gasteiger partial charge in [-0.2, -0.15) is 0 Å². The van der Waals surface area contributed by atoms with Gasteiger partial charge in [0.05, 0.1) is 0 Å². The van der Waals surface area contributed by atoms with Crippen molar-refractivity contribution >= 4 is 17.9 Å². The predicted octanol–water partition coefficient (Wildman–Crippen LogP) is 2.12. The van der Waals surface area contributed by atoms with E-state index in [2.05, 4.69) is 6.92 Å². The number of ketones is 1. The van der Waals surface area contributed by atoms with Crippen LogP contribution in [0.15, 0.2) is 24.3 Å². The molecule has 0 aliphatic heterocycles. The Morgan fingerprint density at radius 3 is 2.38 bits per heavy atom. The maximum absolute atomic E-state index is 11.9. The molecule has 84 valence electrons. The fourth-order valence-corrected chi connectivity index (χ4v) is 1.82. The molecule has 0 spiro atoms. The smallest absolute Gasteiger partial charge is 0.213 e. The monoisotopic (exact) mass is 217 g/mol. The van der Waals surface area contributed by atoms with Crippen LogP contribution in [0, 0.1) is 11.8 Å². The first-order chi connectivity index (χ1) is 7.63. The van der Waals surface area contributed by atoms with Crippen molar-refractivity contribution in [3.05, 3.63) is 29.8 Å². The Balaban J connectivity index is 2.13. The van der Waals surface area contributed by atoms with E-state index in [4.69, 9.17) is 0 Å². The van der Waals surface area contributed by atoms with Gasteiger partial charge >= 0.3 is 0 Å². The Hall–Kier alpha value is -1.64. The van der Waals surface area contributed by atoms with E-state index in [-0.39, 0.29) is 11.7 Å². The normalized spacial score (nSPS) is 22.6. The molecule has 1 aliphatic carbocycles. The highest BCUT2D eigenvalue weighted by Gasteiger charge is 2.39. The van der Waals surface area contributed by atoms with Crippen molar-refractivity contribution in [2.75, 3.05) is 11.9 Å². The fourth-order valence-electron chi connectivity index (χ4n) is 1.82. The number of rotatable bonds is 4. The van der Waals surface area contributed by atoms with Crippen molar-refractivity contribution < 1.29 is 9.59 Å². The lowest BCUT2D eigenvalue weighted by Gasteiger charge is -2.10. The maximum Gasteiger partial charge on any atom is 0.213 e. The van der Waals surface area contributed by atoms with E-state index in [0.29, 0.717) is 5.92 Å². The molecular formula is C13H15NO2. The summed E-state index contributed by atoms with van der Waals surface area (Å²) in [4.78, 5) is 23.9. The SMILES string of the molecule is CC1CC1C(=O)c1ccc(N(C)C=O)cc1. The molecule has 2 atom stereocenters. The van der Waals surface area contributed by atoms with Gasteiger partial charge in [-0.25, -0.2) is 0 Å². The molecule has 0 heterocycles. The minimum absolute atomic E-state index is 0.217. The molecule has 0 radical (unpaired) electrons. The van der Waals surface area contributed by atoms with Crippen LogP contribution >= 0.6 is 0 Å². The van der Waals surface area contributed by atoms with Gasteiger partial charge in [-0.3, -0.25) is 9.59 Å². The first-order valence-electron chi connectivity index (χ1n) is 5.46. The standard InChI is InChI=1S/C13H15NO2/c1-9-7-12(9)13(16)10-3-5-11(6-4-10)14(2)8-15/h3-6,8-9,12H,7H2,1-2H3. The van der Waals surface area contributed by atoms with E-state index in [9.17, 15) is 9.59 Å². The zero-order valence-electron chi connectivity index (χ0n) is 9.51. The highest BCUT2D eigenvalue weighted by atomic mass is 16.1. The Kier molecular flexibility index (Phi) is 2.77. The van der Waals surface area contributed by atoms with Gasteiger partial charge in [-0.05, 0) is 36.6 Å². The molecule has 0 N–H and O–H groups in total. The van der Waals surface area contributed by atoms with Gasteiger partial charge in [0.25, 0.3) is 0 Å². The number of Topliss-reactive ketones (excluding diaryl/α,β-unsaturated/α-hetero) is 1. The molecular weight excluding hydrogens is 202 g/mol. The third kappa shape index (κ3) is 1.98. The topological polar surface area (TPSA) is 37.4 Å². The Morgan fingerprint density at radius 1 is 1.38 bits per heavy atom. The van der Waals surface area contributed by atoms with Crippen LogP contribution in [0.3, 0.4) is 0 Å². The van der Waals surface area contributed by atoms with E-state index in [1.807, 2.05) is 0 Å². The van der Waals surface area contributed by atoms with Crippen LogP contribution in [0.25, 0.3) is 0 Å². The summed E-state index contributed by atoms with van der Waals surface area (Å²) in [5, 5.41) is 0. The number of hydrogen-bond donors (Lipinski definition) is 0. The van der Waals surface area contributed by atoms with E-state index in [0.717, 1.165) is 24.1 Å². The lowest BCUT2D eigenvalue weighted by atomic mass is 10.1. The average Bonchev–Trinajstić information content (AvgIpc) is 3.04. The Labute approximate surface area is 95.1 Å². The summed E-state index contributed by atoms with van der Waals surface area (Å²) in [6.45, 7) is 2.09. The van der Waals surface area contributed by atoms with Crippen molar-refractivity contribution in [3.63, 3.8) is 0 Å². The molecule has 0 aromatic heterocycles. The van der Waals surface area contributed by atoms with Crippen molar-refractivity contribution in [2.24, 2.45) is 11.8 Å². The minimum atomic E-state index is 0.217. The fraction of sp³-hybridized carbons (Fsp3) is 0.385. The largest absolute Gasteiger partial charge is 0.318 e. The summed E-state index contributed by atoms with van der Waals surface area (Å²) in [5.41, 5.74) is 1.55. The molecule has 2 rings (SSSR count). The molecule has 1 aliphatic rings. The highest BCUT2D eigenvalue weighted by Crippen LogP contribution is 2.40. The first-order valence-corrected chi connectivity index (χ1v) is 5.46. The average molecular weight is 217 g/mol. The maximum atomic E-state index is 11.9. The number of carbonyl (C=O) groups excluding carboxylic acids is 2. The number of benzene rings is 1. The van der Waals surface area contributed by atoms with Gasteiger partial charge in [0.2, 0.25) is 6.41 Å². The number of carbonyl (C=O) groups is 2. The zero-order chi connectivity index (χ0) is 11.7. The van der Waals surface area contributed by atoms with Crippen LogP contribution in [0.1, 0.15) is 23.7 Å². The van der Waals surface area contributed by atoms with Crippen LogP contribution in [0.5, 0.6) is 0 Å². The summed E-state index contributed by atoms with van der Waals surface area (Å²) in [6.07, 6.45) is 1.76. The van der Waals surface area contributed by atoms with Gasteiger partial charge in [0, 0.05) is 24.2 Å². The second-order valence-electron chi connectivity index (χ2n) is 4.45. The molecule has 16 heavy (non-hydrogen) atoms. The molecule has 0 bridgehead atoms. The van der Waals surface area contributed by atoms with Crippen molar-refractivity contribution in [1.82, 2.24) is 0 Å². The van der Waals surface area contributed by atoms with Crippen molar-refractivity contribution in [1.29, 1.82) is 0 Å². The van der Waals surface area contributed by atoms with E-state index >= 15 is 0 Å². The van der Waals surface area contributed by atoms with Crippen LogP contribution in [0.4, 0.5) is 5.69 Å². The van der Waals surface area contributed by atoms with Crippen LogP contribution in [-0.2, 0) is 4.79 Å². The summed E-state index contributed by atoms with van der Waals surface area (Å²) in [6, 6.07) is 7.19. The van der Waals surface area contributed by atoms with Crippen molar-refractivity contribution in [2.45, 2.75) is 13.3 Å². The summed E-state index contributed by atoms with van der Waals surface area (Å²) >= 11 is 0. The third-order valence-electron chi connectivity index (χ3n) is 3.16. The highest BCUT2D eigenvalue weighted by molar-refractivity contribution is 6.00.